The van der Waals surface area contributed by atoms with Crippen LogP contribution in [0.2, 0.25) is 0 Å². The Bertz CT molecular complexity index is 257. The third kappa shape index (κ3) is 1.59. The van der Waals surface area contributed by atoms with Gasteiger partial charge in [0.25, 0.3) is 5.19 Å². The minimum Gasteiger partial charge on any atom is -0.467 e. The molecule has 0 amide bonds. The lowest BCUT2D eigenvalue weighted by atomic mass is 9.96. The van der Waals surface area contributed by atoms with Crippen LogP contribution in [0.1, 0.15) is 25.0 Å². The van der Waals surface area contributed by atoms with Gasteiger partial charge in [0.05, 0.1) is 5.69 Å². The van der Waals surface area contributed by atoms with Crippen molar-refractivity contribution in [2.75, 3.05) is 0 Å². The monoisotopic (exact) mass is 184 g/mol. The Hall–Kier alpha value is -0.610. The first kappa shape index (κ1) is 8.01. The van der Waals surface area contributed by atoms with Crippen LogP contribution in [-0.4, -0.2) is 11.1 Å². The highest BCUT2D eigenvalue weighted by atomic mass is 32.1. The summed E-state index contributed by atoms with van der Waals surface area (Å²) in [7, 11) is 0. The zero-order valence-corrected chi connectivity index (χ0v) is 7.64. The zero-order valence-electron chi connectivity index (χ0n) is 6.82. The van der Waals surface area contributed by atoms with E-state index in [-0.39, 0.29) is 0 Å². The van der Waals surface area contributed by atoms with E-state index in [4.69, 9.17) is 10.5 Å². The lowest BCUT2D eigenvalue weighted by Crippen LogP contribution is -2.24. The van der Waals surface area contributed by atoms with E-state index in [1.807, 2.05) is 5.38 Å². The predicted octanol–water partition coefficient (Wildman–Crippen LogP) is 1.53. The smallest absolute Gasteiger partial charge is 0.273 e. The van der Waals surface area contributed by atoms with Crippen molar-refractivity contribution < 1.29 is 4.74 Å². The zero-order chi connectivity index (χ0) is 8.39. The topological polar surface area (TPSA) is 48.1 Å². The molecule has 1 saturated carbocycles. The van der Waals surface area contributed by atoms with E-state index >= 15 is 0 Å². The second-order valence-electron chi connectivity index (χ2n) is 2.98. The van der Waals surface area contributed by atoms with Crippen molar-refractivity contribution in [2.24, 2.45) is 5.73 Å². The maximum absolute atomic E-state index is 5.58. The Kier molecular flexibility index (Phi) is 2.28. The SMILES string of the molecule is NCc1csc(OC2CCC2)n1. The van der Waals surface area contributed by atoms with Crippen LogP contribution in [-0.2, 0) is 6.54 Å². The number of nitrogens with two attached hydrogens (primary N) is 1. The summed E-state index contributed by atoms with van der Waals surface area (Å²) in [4.78, 5) is 4.22. The normalized spacial score (nSPS) is 17.4. The summed E-state index contributed by atoms with van der Waals surface area (Å²) in [5, 5.41) is 2.73. The summed E-state index contributed by atoms with van der Waals surface area (Å²) >= 11 is 1.54. The Balaban J connectivity index is 1.93. The summed E-state index contributed by atoms with van der Waals surface area (Å²) in [6.07, 6.45) is 4.07. The molecule has 0 spiro atoms. The first-order valence-electron chi connectivity index (χ1n) is 4.19. The lowest BCUT2D eigenvalue weighted by molar-refractivity contribution is 0.119. The van der Waals surface area contributed by atoms with E-state index in [2.05, 4.69) is 4.98 Å². The Labute approximate surface area is 75.6 Å². The number of rotatable bonds is 3. The van der Waals surface area contributed by atoms with Gasteiger partial charge in [0.1, 0.15) is 6.10 Å². The van der Waals surface area contributed by atoms with E-state index in [1.54, 1.807) is 0 Å². The second kappa shape index (κ2) is 3.41. The second-order valence-corrected chi connectivity index (χ2v) is 3.80. The van der Waals surface area contributed by atoms with Crippen LogP contribution in [0, 0.1) is 0 Å². The quantitative estimate of drug-likeness (QED) is 0.775. The molecule has 1 aromatic rings. The molecule has 0 bridgehead atoms. The molecular weight excluding hydrogens is 172 g/mol. The predicted molar refractivity (Wildman–Crippen MR) is 48.3 cm³/mol. The summed E-state index contributed by atoms with van der Waals surface area (Å²) in [5.41, 5.74) is 6.35. The molecule has 0 aliphatic heterocycles. The fourth-order valence-electron chi connectivity index (χ4n) is 1.07. The molecule has 1 fully saturated rings. The number of nitrogens with zero attached hydrogens (tertiary/aromatic N) is 1. The number of thiazole rings is 1. The fourth-order valence-corrected chi connectivity index (χ4v) is 1.81. The summed E-state index contributed by atoms with van der Waals surface area (Å²) in [6.45, 7) is 0.504. The van der Waals surface area contributed by atoms with Crippen LogP contribution in [0.25, 0.3) is 0 Å². The van der Waals surface area contributed by atoms with E-state index < -0.39 is 0 Å². The van der Waals surface area contributed by atoms with Gasteiger partial charge < -0.3 is 10.5 Å². The van der Waals surface area contributed by atoms with Crippen molar-refractivity contribution in [1.29, 1.82) is 0 Å². The average molecular weight is 184 g/mol. The molecule has 0 saturated heterocycles. The van der Waals surface area contributed by atoms with Crippen LogP contribution in [0.3, 0.4) is 0 Å². The molecule has 1 aliphatic rings. The highest BCUT2D eigenvalue weighted by molar-refractivity contribution is 7.11. The lowest BCUT2D eigenvalue weighted by Gasteiger charge is -2.24. The molecule has 4 heteroatoms. The van der Waals surface area contributed by atoms with Crippen molar-refractivity contribution in [3.8, 4) is 5.19 Å². The third-order valence-corrected chi connectivity index (χ3v) is 2.84. The number of aromatic nitrogens is 1. The van der Waals surface area contributed by atoms with Gasteiger partial charge in [0, 0.05) is 11.9 Å². The van der Waals surface area contributed by atoms with Crippen molar-refractivity contribution in [1.82, 2.24) is 4.98 Å². The minimum atomic E-state index is 0.418. The largest absolute Gasteiger partial charge is 0.467 e. The number of ether oxygens (including phenoxy) is 1. The average Bonchev–Trinajstić information content (AvgIpc) is 2.44. The van der Waals surface area contributed by atoms with Gasteiger partial charge in [-0.05, 0) is 19.3 Å². The van der Waals surface area contributed by atoms with Crippen LogP contribution in [0.4, 0.5) is 0 Å². The van der Waals surface area contributed by atoms with Crippen LogP contribution < -0.4 is 10.5 Å². The van der Waals surface area contributed by atoms with Crippen LogP contribution in [0.5, 0.6) is 5.19 Å². The molecule has 3 nitrogen and oxygen atoms in total. The third-order valence-electron chi connectivity index (χ3n) is 2.06. The van der Waals surface area contributed by atoms with Gasteiger partial charge in [0.15, 0.2) is 0 Å². The molecule has 12 heavy (non-hydrogen) atoms. The maximum Gasteiger partial charge on any atom is 0.273 e. The highest BCUT2D eigenvalue weighted by Gasteiger charge is 2.20. The molecule has 0 atom stereocenters. The van der Waals surface area contributed by atoms with Gasteiger partial charge in [-0.3, -0.25) is 0 Å². The Morgan fingerprint density at radius 2 is 2.50 bits per heavy atom. The number of hydrogen-bond acceptors (Lipinski definition) is 4. The standard InChI is InChI=1S/C8H12N2OS/c9-4-6-5-12-8(10-6)11-7-2-1-3-7/h5,7H,1-4,9H2. The van der Waals surface area contributed by atoms with E-state index in [0.717, 1.165) is 10.9 Å². The molecular formula is C8H12N2OS. The molecule has 0 unspecified atom stereocenters. The molecule has 2 N–H and O–H groups in total. The van der Waals surface area contributed by atoms with E-state index in [0.29, 0.717) is 12.6 Å². The molecule has 2 rings (SSSR count). The molecule has 1 aromatic heterocycles. The van der Waals surface area contributed by atoms with Gasteiger partial charge in [-0.15, -0.1) is 0 Å². The fraction of sp³-hybridized carbons (Fsp3) is 0.625. The van der Waals surface area contributed by atoms with Gasteiger partial charge in [-0.1, -0.05) is 11.3 Å². The maximum atomic E-state index is 5.58. The molecule has 1 aliphatic carbocycles. The number of hydrogen-bond donors (Lipinski definition) is 1. The van der Waals surface area contributed by atoms with Crippen LogP contribution >= 0.6 is 11.3 Å². The highest BCUT2D eigenvalue weighted by Crippen LogP contribution is 2.27. The molecule has 1 heterocycles. The van der Waals surface area contributed by atoms with E-state index in [1.165, 1.54) is 30.6 Å². The van der Waals surface area contributed by atoms with Crippen molar-refractivity contribution in [3.05, 3.63) is 11.1 Å². The first-order valence-corrected chi connectivity index (χ1v) is 5.07. The molecule has 66 valence electrons. The van der Waals surface area contributed by atoms with Crippen molar-refractivity contribution in [3.63, 3.8) is 0 Å². The molecule has 0 radical (unpaired) electrons. The van der Waals surface area contributed by atoms with Crippen molar-refractivity contribution >= 4 is 11.3 Å². The Morgan fingerprint density at radius 1 is 1.67 bits per heavy atom. The van der Waals surface area contributed by atoms with E-state index in [9.17, 15) is 0 Å². The Morgan fingerprint density at radius 3 is 3.00 bits per heavy atom. The van der Waals surface area contributed by atoms with Crippen LogP contribution in [0.15, 0.2) is 5.38 Å². The summed E-state index contributed by atoms with van der Waals surface area (Å²) in [6, 6.07) is 0. The minimum absolute atomic E-state index is 0.418. The van der Waals surface area contributed by atoms with Gasteiger partial charge >= 0.3 is 0 Å². The van der Waals surface area contributed by atoms with Gasteiger partial charge in [0.2, 0.25) is 0 Å². The summed E-state index contributed by atoms with van der Waals surface area (Å²) < 4.78 is 5.58. The van der Waals surface area contributed by atoms with Gasteiger partial charge in [-0.2, -0.15) is 0 Å². The first-order chi connectivity index (χ1) is 5.88. The van der Waals surface area contributed by atoms with Gasteiger partial charge in [-0.25, -0.2) is 4.98 Å². The summed E-state index contributed by atoms with van der Waals surface area (Å²) in [5.74, 6) is 0. The van der Waals surface area contributed by atoms with Crippen molar-refractivity contribution in [2.45, 2.75) is 31.9 Å². The molecule has 0 aromatic carbocycles.